The molecule has 0 fully saturated rings. The SMILES string of the molecule is CCCC(C)COCC(=O)Nc1cc(F)ccc1N. The van der Waals surface area contributed by atoms with Gasteiger partial charge in [0.2, 0.25) is 5.91 Å². The minimum absolute atomic E-state index is 0.0516. The third-order valence-corrected chi connectivity index (χ3v) is 2.71. The van der Waals surface area contributed by atoms with Crippen LogP contribution in [0.3, 0.4) is 0 Å². The molecule has 0 aliphatic carbocycles. The molecule has 0 aromatic heterocycles. The van der Waals surface area contributed by atoms with Gasteiger partial charge in [0.25, 0.3) is 0 Å². The number of hydrogen-bond acceptors (Lipinski definition) is 3. The Balaban J connectivity index is 2.37. The maximum absolute atomic E-state index is 13.0. The van der Waals surface area contributed by atoms with Crippen molar-refractivity contribution >= 4 is 17.3 Å². The number of ether oxygens (including phenoxy) is 1. The first-order valence-electron chi connectivity index (χ1n) is 6.45. The van der Waals surface area contributed by atoms with Crippen LogP contribution >= 0.6 is 0 Å². The molecule has 5 heteroatoms. The van der Waals surface area contributed by atoms with Crippen LogP contribution in [0.1, 0.15) is 26.7 Å². The Bertz CT molecular complexity index is 424. The molecular weight excluding hydrogens is 247 g/mol. The summed E-state index contributed by atoms with van der Waals surface area (Å²) in [4.78, 5) is 11.6. The molecule has 0 aliphatic rings. The molecular formula is C14H21FN2O2. The van der Waals surface area contributed by atoms with Gasteiger partial charge in [0.15, 0.2) is 0 Å². The summed E-state index contributed by atoms with van der Waals surface area (Å²) < 4.78 is 18.3. The number of nitrogen functional groups attached to an aromatic ring is 1. The Morgan fingerprint density at radius 2 is 2.26 bits per heavy atom. The summed E-state index contributed by atoms with van der Waals surface area (Å²) in [6.45, 7) is 4.67. The quantitative estimate of drug-likeness (QED) is 0.747. The number of nitrogens with one attached hydrogen (secondary N) is 1. The molecule has 1 rings (SSSR count). The molecule has 19 heavy (non-hydrogen) atoms. The van der Waals surface area contributed by atoms with E-state index < -0.39 is 5.82 Å². The van der Waals surface area contributed by atoms with Crippen molar-refractivity contribution in [3.05, 3.63) is 24.0 Å². The highest BCUT2D eigenvalue weighted by atomic mass is 19.1. The van der Waals surface area contributed by atoms with Crippen molar-refractivity contribution in [2.45, 2.75) is 26.7 Å². The highest BCUT2D eigenvalue weighted by Crippen LogP contribution is 2.18. The first kappa shape index (κ1) is 15.4. The van der Waals surface area contributed by atoms with Gasteiger partial charge in [-0.2, -0.15) is 0 Å². The second-order valence-corrected chi connectivity index (χ2v) is 4.69. The summed E-state index contributed by atoms with van der Waals surface area (Å²) in [6.07, 6.45) is 2.16. The minimum Gasteiger partial charge on any atom is -0.397 e. The molecule has 0 aliphatic heterocycles. The van der Waals surface area contributed by atoms with Crippen LogP contribution in [0, 0.1) is 11.7 Å². The van der Waals surface area contributed by atoms with E-state index in [0.717, 1.165) is 12.8 Å². The number of rotatable bonds is 7. The van der Waals surface area contributed by atoms with Crippen molar-refractivity contribution in [2.24, 2.45) is 5.92 Å². The van der Waals surface area contributed by atoms with Crippen LogP contribution in [0.4, 0.5) is 15.8 Å². The van der Waals surface area contributed by atoms with Crippen molar-refractivity contribution < 1.29 is 13.9 Å². The predicted octanol–water partition coefficient (Wildman–Crippen LogP) is 2.80. The van der Waals surface area contributed by atoms with Crippen molar-refractivity contribution in [2.75, 3.05) is 24.3 Å². The monoisotopic (exact) mass is 268 g/mol. The number of carbonyl (C=O) groups excluding carboxylic acids is 1. The van der Waals surface area contributed by atoms with E-state index in [1.165, 1.54) is 18.2 Å². The number of carbonyl (C=O) groups is 1. The Kier molecular flexibility index (Phi) is 6.29. The average Bonchev–Trinajstić information content (AvgIpc) is 2.34. The lowest BCUT2D eigenvalue weighted by molar-refractivity contribution is -0.121. The number of amides is 1. The maximum atomic E-state index is 13.0. The number of halogens is 1. The second kappa shape index (κ2) is 7.74. The minimum atomic E-state index is -0.443. The summed E-state index contributed by atoms with van der Waals surface area (Å²) in [5.74, 6) is -0.347. The number of anilines is 2. The van der Waals surface area contributed by atoms with Crippen molar-refractivity contribution in [1.82, 2.24) is 0 Å². The average molecular weight is 268 g/mol. The standard InChI is InChI=1S/C14H21FN2O2/c1-3-4-10(2)8-19-9-14(18)17-13-7-11(15)5-6-12(13)16/h5-7,10H,3-4,8-9,16H2,1-2H3,(H,17,18). The van der Waals surface area contributed by atoms with Gasteiger partial charge in [-0.25, -0.2) is 4.39 Å². The Morgan fingerprint density at radius 3 is 2.95 bits per heavy atom. The first-order chi connectivity index (χ1) is 9.02. The van der Waals surface area contributed by atoms with Gasteiger partial charge >= 0.3 is 0 Å². The third-order valence-electron chi connectivity index (χ3n) is 2.71. The van der Waals surface area contributed by atoms with E-state index in [4.69, 9.17) is 10.5 Å². The van der Waals surface area contributed by atoms with E-state index in [0.29, 0.717) is 18.2 Å². The fourth-order valence-corrected chi connectivity index (χ4v) is 1.75. The smallest absolute Gasteiger partial charge is 0.250 e. The van der Waals surface area contributed by atoms with Crippen LogP contribution in [0.25, 0.3) is 0 Å². The fourth-order valence-electron chi connectivity index (χ4n) is 1.75. The van der Waals surface area contributed by atoms with Gasteiger partial charge in [0.1, 0.15) is 12.4 Å². The molecule has 1 aromatic rings. The normalized spacial score (nSPS) is 12.2. The van der Waals surface area contributed by atoms with Crippen LogP contribution in [-0.4, -0.2) is 19.1 Å². The molecule has 3 N–H and O–H groups in total. The van der Waals surface area contributed by atoms with Crippen molar-refractivity contribution in [3.63, 3.8) is 0 Å². The van der Waals surface area contributed by atoms with Gasteiger partial charge in [-0.05, 0) is 30.5 Å². The molecule has 1 atom stereocenters. The van der Waals surface area contributed by atoms with Crippen molar-refractivity contribution in [1.29, 1.82) is 0 Å². The van der Waals surface area contributed by atoms with Gasteiger partial charge in [-0.15, -0.1) is 0 Å². The fraction of sp³-hybridized carbons (Fsp3) is 0.500. The van der Waals surface area contributed by atoms with Gasteiger partial charge in [-0.1, -0.05) is 20.3 Å². The highest BCUT2D eigenvalue weighted by Gasteiger charge is 2.08. The lowest BCUT2D eigenvalue weighted by Crippen LogP contribution is -2.20. The molecule has 0 spiro atoms. The van der Waals surface area contributed by atoms with Crippen LogP contribution < -0.4 is 11.1 Å². The molecule has 106 valence electrons. The van der Waals surface area contributed by atoms with Gasteiger partial charge in [0, 0.05) is 6.61 Å². The summed E-state index contributed by atoms with van der Waals surface area (Å²) in [7, 11) is 0. The summed E-state index contributed by atoms with van der Waals surface area (Å²) in [6, 6.07) is 3.84. The molecule has 0 heterocycles. The summed E-state index contributed by atoms with van der Waals surface area (Å²) >= 11 is 0. The molecule has 1 aromatic carbocycles. The zero-order valence-corrected chi connectivity index (χ0v) is 11.4. The zero-order valence-electron chi connectivity index (χ0n) is 11.4. The van der Waals surface area contributed by atoms with E-state index in [1.807, 2.05) is 0 Å². The molecule has 1 amide bonds. The van der Waals surface area contributed by atoms with E-state index in [-0.39, 0.29) is 18.2 Å². The lowest BCUT2D eigenvalue weighted by Gasteiger charge is -2.11. The summed E-state index contributed by atoms with van der Waals surface area (Å²) in [5.41, 5.74) is 6.23. The number of benzene rings is 1. The predicted molar refractivity (Wildman–Crippen MR) is 74.3 cm³/mol. The largest absolute Gasteiger partial charge is 0.397 e. The highest BCUT2D eigenvalue weighted by molar-refractivity contribution is 5.94. The van der Waals surface area contributed by atoms with Crippen LogP contribution in [0.5, 0.6) is 0 Å². The molecule has 0 radical (unpaired) electrons. The Hall–Kier alpha value is -1.62. The Labute approximate surface area is 113 Å². The summed E-state index contributed by atoms with van der Waals surface area (Å²) in [5, 5.41) is 2.53. The van der Waals surface area contributed by atoms with Crippen molar-refractivity contribution in [3.8, 4) is 0 Å². The first-order valence-corrected chi connectivity index (χ1v) is 6.45. The van der Waals surface area contributed by atoms with E-state index in [2.05, 4.69) is 19.2 Å². The molecule has 4 nitrogen and oxygen atoms in total. The van der Waals surface area contributed by atoms with E-state index >= 15 is 0 Å². The van der Waals surface area contributed by atoms with E-state index in [9.17, 15) is 9.18 Å². The van der Waals surface area contributed by atoms with Gasteiger partial charge in [0.05, 0.1) is 11.4 Å². The lowest BCUT2D eigenvalue weighted by atomic mass is 10.1. The van der Waals surface area contributed by atoms with Crippen LogP contribution in [-0.2, 0) is 9.53 Å². The van der Waals surface area contributed by atoms with Crippen LogP contribution in [0.15, 0.2) is 18.2 Å². The molecule has 0 bridgehead atoms. The number of hydrogen-bond donors (Lipinski definition) is 2. The maximum Gasteiger partial charge on any atom is 0.250 e. The topological polar surface area (TPSA) is 64.3 Å². The second-order valence-electron chi connectivity index (χ2n) is 4.69. The van der Waals surface area contributed by atoms with Gasteiger partial charge in [-0.3, -0.25) is 4.79 Å². The zero-order chi connectivity index (χ0) is 14.3. The molecule has 1 unspecified atom stereocenters. The van der Waals surface area contributed by atoms with Gasteiger partial charge < -0.3 is 15.8 Å². The molecule has 0 saturated carbocycles. The van der Waals surface area contributed by atoms with Crippen LogP contribution in [0.2, 0.25) is 0 Å². The Morgan fingerprint density at radius 1 is 1.53 bits per heavy atom. The number of nitrogens with two attached hydrogens (primary N) is 1. The molecule has 0 saturated heterocycles. The third kappa shape index (κ3) is 5.70. The van der Waals surface area contributed by atoms with E-state index in [1.54, 1.807) is 0 Å².